The third kappa shape index (κ3) is 13.4. The van der Waals surface area contributed by atoms with Crippen molar-refractivity contribution in [2.45, 2.75) is 95.7 Å². The van der Waals surface area contributed by atoms with Crippen molar-refractivity contribution in [2.75, 3.05) is 13.1 Å². The Morgan fingerprint density at radius 1 is 0.689 bits per heavy atom. The third-order valence-electron chi connectivity index (χ3n) is 7.63. The largest absolute Gasteiger partial charge is 0.508 e. The van der Waals surface area contributed by atoms with Crippen LogP contribution in [0.25, 0.3) is 0 Å². The monoisotopic (exact) mass is 622 g/mol. The van der Waals surface area contributed by atoms with E-state index in [9.17, 15) is 29.1 Å². The molecule has 0 aliphatic carbocycles. The zero-order chi connectivity index (χ0) is 32.4. The summed E-state index contributed by atoms with van der Waals surface area (Å²) in [6, 6.07) is 13.2. The van der Waals surface area contributed by atoms with Gasteiger partial charge in [-0.3, -0.25) is 19.2 Å². The lowest BCUT2D eigenvalue weighted by molar-refractivity contribution is -0.154. The van der Waals surface area contributed by atoms with E-state index >= 15 is 0 Å². The first-order valence-corrected chi connectivity index (χ1v) is 15.9. The number of phenolic OH excluding ortho intramolecular Hbond substituents is 1. The zero-order valence-corrected chi connectivity index (χ0v) is 26.0. The molecule has 1 heterocycles. The highest BCUT2D eigenvalue weighted by Gasteiger charge is 2.29. The Hall–Kier alpha value is -4.41. The summed E-state index contributed by atoms with van der Waals surface area (Å²) < 4.78 is 5.82. The van der Waals surface area contributed by atoms with Gasteiger partial charge in [0.2, 0.25) is 23.6 Å². The molecule has 4 amide bonds. The van der Waals surface area contributed by atoms with E-state index in [4.69, 9.17) is 4.74 Å². The summed E-state index contributed by atoms with van der Waals surface area (Å²) in [5.41, 5.74) is 1.46. The number of hydrogen-bond donors (Lipinski definition) is 5. The summed E-state index contributed by atoms with van der Waals surface area (Å²) in [6.45, 7) is 1.35. The van der Waals surface area contributed by atoms with Crippen LogP contribution in [0.2, 0.25) is 0 Å². The van der Waals surface area contributed by atoms with Gasteiger partial charge in [0.25, 0.3) is 0 Å². The normalized spacial score (nSPS) is 20.4. The highest BCUT2D eigenvalue weighted by Crippen LogP contribution is 2.16. The molecule has 3 rings (SSSR count). The summed E-state index contributed by atoms with van der Waals surface area (Å²) >= 11 is 0. The lowest BCUT2D eigenvalue weighted by atomic mass is 10.0. The standard InChI is InChI=1S/C34H46N4O7/c1-2-3-4-5-6-7-11-14-27-21-30(40)35-22-31(41)37-28(19-25-15-17-26(39)18-16-25)33(43)36-23-32(42)38-29(34(44)45-27)20-24-12-9-8-10-13-24/h8-10,12-13,15-18,27-29,39H,2-7,11,14,19-23H2,1H3,(H,35,40)(H,36,43)(H,37,41)(H,38,42). The van der Waals surface area contributed by atoms with E-state index in [1.54, 1.807) is 12.1 Å². The SMILES string of the molecule is CCCCCCCCCC1CC(=O)NCC(=O)NC(Cc2ccc(O)cc2)C(=O)NCC(=O)NC(Cc2ccccc2)C(=O)O1. The Balaban J connectivity index is 1.76. The van der Waals surface area contributed by atoms with Gasteiger partial charge in [-0.05, 0) is 36.1 Å². The number of carbonyl (C=O) groups excluding carboxylic acids is 5. The molecule has 0 aromatic heterocycles. The van der Waals surface area contributed by atoms with Crippen molar-refractivity contribution in [1.29, 1.82) is 0 Å². The van der Waals surface area contributed by atoms with E-state index in [1.807, 2.05) is 30.3 Å². The van der Waals surface area contributed by atoms with Gasteiger partial charge in [0, 0.05) is 12.8 Å². The summed E-state index contributed by atoms with van der Waals surface area (Å²) in [7, 11) is 0. The van der Waals surface area contributed by atoms with Crippen molar-refractivity contribution < 1.29 is 33.8 Å². The number of benzene rings is 2. The van der Waals surface area contributed by atoms with Crippen LogP contribution in [0.5, 0.6) is 5.75 Å². The molecular formula is C34H46N4O7. The minimum Gasteiger partial charge on any atom is -0.508 e. The second-order valence-electron chi connectivity index (χ2n) is 11.5. The predicted octanol–water partition coefficient (Wildman–Crippen LogP) is 2.84. The van der Waals surface area contributed by atoms with Crippen molar-refractivity contribution in [3.63, 3.8) is 0 Å². The quantitative estimate of drug-likeness (QED) is 0.180. The number of carbonyl (C=O) groups is 5. The average Bonchev–Trinajstić information content (AvgIpc) is 3.02. The molecule has 244 valence electrons. The fourth-order valence-corrected chi connectivity index (χ4v) is 5.14. The van der Waals surface area contributed by atoms with Crippen LogP contribution in [-0.4, -0.2) is 66.0 Å². The van der Waals surface area contributed by atoms with Crippen LogP contribution in [0.1, 0.15) is 75.8 Å². The van der Waals surface area contributed by atoms with E-state index in [0.29, 0.717) is 12.0 Å². The molecule has 2 aromatic rings. The van der Waals surface area contributed by atoms with Crippen molar-refractivity contribution in [3.8, 4) is 5.75 Å². The maximum atomic E-state index is 13.4. The van der Waals surface area contributed by atoms with E-state index in [0.717, 1.165) is 37.7 Å². The molecule has 0 spiro atoms. The average molecular weight is 623 g/mol. The van der Waals surface area contributed by atoms with Crippen LogP contribution < -0.4 is 21.3 Å². The highest BCUT2D eigenvalue weighted by atomic mass is 16.5. The molecule has 2 aromatic carbocycles. The number of rotatable bonds is 12. The van der Waals surface area contributed by atoms with Crippen molar-refractivity contribution in [3.05, 3.63) is 65.7 Å². The molecule has 3 atom stereocenters. The molecule has 3 unspecified atom stereocenters. The number of cyclic esters (lactones) is 1. The molecule has 45 heavy (non-hydrogen) atoms. The fourth-order valence-electron chi connectivity index (χ4n) is 5.14. The highest BCUT2D eigenvalue weighted by molar-refractivity contribution is 5.93. The summed E-state index contributed by atoms with van der Waals surface area (Å²) in [5.74, 6) is -2.91. The van der Waals surface area contributed by atoms with Gasteiger partial charge < -0.3 is 31.1 Å². The van der Waals surface area contributed by atoms with E-state index in [2.05, 4.69) is 28.2 Å². The van der Waals surface area contributed by atoms with E-state index in [-0.39, 0.29) is 31.6 Å². The first-order chi connectivity index (χ1) is 21.7. The first kappa shape index (κ1) is 35.1. The number of esters is 1. The smallest absolute Gasteiger partial charge is 0.329 e. The number of amides is 4. The molecular weight excluding hydrogens is 576 g/mol. The first-order valence-electron chi connectivity index (χ1n) is 15.9. The number of phenols is 1. The molecule has 0 bridgehead atoms. The fraction of sp³-hybridized carbons (Fsp3) is 0.500. The van der Waals surface area contributed by atoms with Crippen molar-refractivity contribution in [1.82, 2.24) is 21.3 Å². The number of nitrogens with one attached hydrogen (secondary N) is 4. The Morgan fingerprint density at radius 3 is 1.96 bits per heavy atom. The van der Waals surface area contributed by atoms with Crippen LogP contribution >= 0.6 is 0 Å². The minimum absolute atomic E-state index is 0.0541. The van der Waals surface area contributed by atoms with Gasteiger partial charge in [-0.1, -0.05) is 87.9 Å². The van der Waals surface area contributed by atoms with Crippen LogP contribution in [-0.2, 0) is 41.6 Å². The summed E-state index contributed by atoms with van der Waals surface area (Å²) in [5, 5.41) is 20.0. The Kier molecular flexibility index (Phi) is 14.9. The van der Waals surface area contributed by atoms with Crippen LogP contribution in [0.15, 0.2) is 54.6 Å². The maximum absolute atomic E-state index is 13.4. The molecule has 1 saturated heterocycles. The lowest BCUT2D eigenvalue weighted by Gasteiger charge is -2.24. The molecule has 0 saturated carbocycles. The Morgan fingerprint density at radius 2 is 1.27 bits per heavy atom. The second-order valence-corrected chi connectivity index (χ2v) is 11.5. The van der Waals surface area contributed by atoms with Gasteiger partial charge in [-0.15, -0.1) is 0 Å². The molecule has 1 aliphatic heterocycles. The number of ether oxygens (including phenoxy) is 1. The third-order valence-corrected chi connectivity index (χ3v) is 7.63. The molecule has 1 fully saturated rings. The van der Waals surface area contributed by atoms with Gasteiger partial charge >= 0.3 is 5.97 Å². The van der Waals surface area contributed by atoms with Gasteiger partial charge in [0.15, 0.2) is 0 Å². The molecule has 11 heteroatoms. The van der Waals surface area contributed by atoms with Gasteiger partial charge in [0.05, 0.1) is 19.5 Å². The summed E-state index contributed by atoms with van der Waals surface area (Å²) in [6.07, 6.45) is 7.26. The molecule has 0 radical (unpaired) electrons. The van der Waals surface area contributed by atoms with E-state index in [1.165, 1.54) is 25.0 Å². The predicted molar refractivity (Wildman–Crippen MR) is 169 cm³/mol. The number of aromatic hydroxyl groups is 1. The number of unbranched alkanes of at least 4 members (excludes halogenated alkanes) is 6. The number of hydrogen-bond acceptors (Lipinski definition) is 7. The Labute approximate surface area is 264 Å². The topological polar surface area (TPSA) is 163 Å². The van der Waals surface area contributed by atoms with Gasteiger partial charge in [-0.25, -0.2) is 4.79 Å². The van der Waals surface area contributed by atoms with E-state index < -0.39 is 54.3 Å². The second kappa shape index (κ2) is 19.1. The van der Waals surface area contributed by atoms with Crippen molar-refractivity contribution in [2.24, 2.45) is 0 Å². The maximum Gasteiger partial charge on any atom is 0.329 e. The van der Waals surface area contributed by atoms with Gasteiger partial charge in [0.1, 0.15) is 23.9 Å². The molecule has 11 nitrogen and oxygen atoms in total. The lowest BCUT2D eigenvalue weighted by Crippen LogP contribution is -2.53. The van der Waals surface area contributed by atoms with Crippen LogP contribution in [0.4, 0.5) is 0 Å². The Bertz CT molecular complexity index is 1250. The molecule has 5 N–H and O–H groups in total. The summed E-state index contributed by atoms with van der Waals surface area (Å²) in [4.78, 5) is 65.1. The van der Waals surface area contributed by atoms with Gasteiger partial charge in [-0.2, -0.15) is 0 Å². The van der Waals surface area contributed by atoms with Crippen molar-refractivity contribution >= 4 is 29.6 Å². The molecule has 1 aliphatic rings. The zero-order valence-electron chi connectivity index (χ0n) is 26.0. The van der Waals surface area contributed by atoms with Crippen LogP contribution in [0, 0.1) is 0 Å². The van der Waals surface area contributed by atoms with Crippen LogP contribution in [0.3, 0.4) is 0 Å². The minimum atomic E-state index is -1.06.